The van der Waals surface area contributed by atoms with Crippen molar-refractivity contribution < 1.29 is 0 Å². The van der Waals surface area contributed by atoms with Crippen LogP contribution in [0.5, 0.6) is 0 Å². The van der Waals surface area contributed by atoms with Gasteiger partial charge >= 0.3 is 0 Å². The molecule has 28 heavy (non-hydrogen) atoms. The van der Waals surface area contributed by atoms with E-state index in [1.165, 1.54) is 34.5 Å². The van der Waals surface area contributed by atoms with Crippen LogP contribution in [0.1, 0.15) is 67.0 Å². The first-order chi connectivity index (χ1) is 13.5. The van der Waals surface area contributed by atoms with Gasteiger partial charge in [0.1, 0.15) is 0 Å². The zero-order valence-corrected chi connectivity index (χ0v) is 17.8. The number of nitrogens with zero attached hydrogens (tertiary/aromatic N) is 2. The van der Waals surface area contributed by atoms with Crippen molar-refractivity contribution in [2.24, 2.45) is 5.92 Å². The number of hydrogen-bond acceptors (Lipinski definition) is 4. The van der Waals surface area contributed by atoms with E-state index >= 15 is 0 Å². The monoisotopic (exact) mass is 395 g/mol. The second kappa shape index (κ2) is 8.18. The fraction of sp³-hybridized carbons (Fsp3) is 0.478. The van der Waals surface area contributed by atoms with E-state index in [4.69, 9.17) is 4.98 Å². The topological polar surface area (TPSA) is 46.4 Å². The van der Waals surface area contributed by atoms with E-state index in [2.05, 4.69) is 50.4 Å². The highest BCUT2D eigenvalue weighted by molar-refractivity contribution is 7.17. The fourth-order valence-corrected chi connectivity index (χ4v) is 5.25. The van der Waals surface area contributed by atoms with Crippen LogP contribution >= 0.6 is 11.3 Å². The van der Waals surface area contributed by atoms with Gasteiger partial charge in [0.05, 0.1) is 5.69 Å². The van der Waals surface area contributed by atoms with E-state index in [0.29, 0.717) is 12.5 Å². The van der Waals surface area contributed by atoms with E-state index in [0.717, 1.165) is 29.9 Å². The van der Waals surface area contributed by atoms with Crippen LogP contribution in [0.2, 0.25) is 0 Å². The third-order valence-corrected chi connectivity index (χ3v) is 6.67. The van der Waals surface area contributed by atoms with Gasteiger partial charge in [-0.25, -0.2) is 4.98 Å². The summed E-state index contributed by atoms with van der Waals surface area (Å²) in [5.74, 6) is 0.671. The van der Waals surface area contributed by atoms with Crippen molar-refractivity contribution in [1.29, 1.82) is 0 Å². The van der Waals surface area contributed by atoms with E-state index in [-0.39, 0.29) is 11.6 Å². The molecule has 4 rings (SSSR count). The molecule has 0 saturated heterocycles. The molecule has 0 spiro atoms. The molecule has 2 heterocycles. The molecule has 0 unspecified atom stereocenters. The van der Waals surface area contributed by atoms with E-state index in [1.807, 2.05) is 4.40 Å². The Hall–Kier alpha value is -1.98. The summed E-state index contributed by atoms with van der Waals surface area (Å²) in [4.78, 5) is 19.6. The third kappa shape index (κ3) is 4.06. The number of aryl methyl sites for hydroxylation is 2. The van der Waals surface area contributed by atoms with Crippen molar-refractivity contribution in [3.05, 3.63) is 68.1 Å². The summed E-state index contributed by atoms with van der Waals surface area (Å²) < 4.78 is 1.83. The molecule has 0 fully saturated rings. The van der Waals surface area contributed by atoms with Crippen molar-refractivity contribution in [3.8, 4) is 0 Å². The number of nitrogens with one attached hydrogen (secondary N) is 1. The number of fused-ring (bicyclic) bond motifs is 3. The maximum absolute atomic E-state index is 12.7. The maximum atomic E-state index is 12.7. The zero-order valence-electron chi connectivity index (χ0n) is 17.0. The minimum Gasteiger partial charge on any atom is -0.305 e. The molecule has 1 aliphatic carbocycles. The van der Waals surface area contributed by atoms with Crippen molar-refractivity contribution in [1.82, 2.24) is 14.7 Å². The Balaban J connectivity index is 1.47. The van der Waals surface area contributed by atoms with Crippen LogP contribution in [-0.2, 0) is 25.8 Å². The van der Waals surface area contributed by atoms with E-state index in [9.17, 15) is 4.79 Å². The van der Waals surface area contributed by atoms with Crippen LogP contribution in [0.4, 0.5) is 0 Å². The quantitative estimate of drug-likeness (QED) is 0.659. The Bertz CT molecular complexity index is 1020. The minimum absolute atomic E-state index is 0.0619. The summed E-state index contributed by atoms with van der Waals surface area (Å²) in [5, 5.41) is 3.52. The van der Waals surface area contributed by atoms with Crippen molar-refractivity contribution in [3.63, 3.8) is 0 Å². The standard InChI is InChI=1S/C23H29N3OS/c1-15(2)12-17-8-10-18(11-9-17)16(3)24-14-19-13-22(27)26-20-6-4-5-7-21(20)28-23(26)25-19/h8-11,13,15-16,24H,4-7,12,14H2,1-3H3/t16-/m0/s1. The average Bonchev–Trinajstić information content (AvgIpc) is 3.05. The first-order valence-electron chi connectivity index (χ1n) is 10.4. The van der Waals surface area contributed by atoms with Crippen molar-refractivity contribution >= 4 is 16.3 Å². The van der Waals surface area contributed by atoms with Gasteiger partial charge in [0.15, 0.2) is 4.96 Å². The molecule has 0 radical (unpaired) electrons. The van der Waals surface area contributed by atoms with Crippen LogP contribution in [0.25, 0.3) is 4.96 Å². The molecule has 1 atom stereocenters. The molecule has 0 bridgehead atoms. The zero-order chi connectivity index (χ0) is 19.7. The van der Waals surface area contributed by atoms with Crippen LogP contribution < -0.4 is 10.9 Å². The molecule has 1 N–H and O–H groups in total. The van der Waals surface area contributed by atoms with Gasteiger partial charge in [-0.15, -0.1) is 11.3 Å². The summed E-state index contributed by atoms with van der Waals surface area (Å²) in [6.07, 6.45) is 5.58. The summed E-state index contributed by atoms with van der Waals surface area (Å²) in [6, 6.07) is 10.8. The van der Waals surface area contributed by atoms with Crippen LogP contribution in [0.15, 0.2) is 35.1 Å². The molecule has 0 saturated carbocycles. The molecule has 148 valence electrons. The lowest BCUT2D eigenvalue weighted by molar-refractivity contribution is 0.566. The van der Waals surface area contributed by atoms with Gasteiger partial charge in [-0.1, -0.05) is 38.1 Å². The van der Waals surface area contributed by atoms with Gasteiger partial charge < -0.3 is 5.32 Å². The second-order valence-electron chi connectivity index (χ2n) is 8.32. The molecular formula is C23H29N3OS. The number of aromatic nitrogens is 2. The Morgan fingerprint density at radius 3 is 2.64 bits per heavy atom. The summed E-state index contributed by atoms with van der Waals surface area (Å²) in [7, 11) is 0. The Kier molecular flexibility index (Phi) is 5.65. The SMILES string of the molecule is CC(C)Cc1ccc([C@H](C)NCc2cc(=O)n3c4c(sc3n2)CCCC4)cc1. The van der Waals surface area contributed by atoms with Gasteiger partial charge in [-0.05, 0) is 56.1 Å². The summed E-state index contributed by atoms with van der Waals surface area (Å²) in [6.45, 7) is 7.25. The van der Waals surface area contributed by atoms with Gasteiger partial charge in [0.2, 0.25) is 0 Å². The Morgan fingerprint density at radius 2 is 1.89 bits per heavy atom. The number of hydrogen-bond donors (Lipinski definition) is 1. The molecule has 0 amide bonds. The number of thiazole rings is 1. The largest absolute Gasteiger partial charge is 0.305 e. The first-order valence-corrected chi connectivity index (χ1v) is 11.2. The highest BCUT2D eigenvalue weighted by atomic mass is 32.1. The molecule has 2 aromatic heterocycles. The van der Waals surface area contributed by atoms with E-state index in [1.54, 1.807) is 17.4 Å². The van der Waals surface area contributed by atoms with Gasteiger partial charge in [-0.2, -0.15) is 0 Å². The van der Waals surface area contributed by atoms with Gasteiger partial charge in [0, 0.05) is 29.2 Å². The third-order valence-electron chi connectivity index (χ3n) is 5.53. The first kappa shape index (κ1) is 19.3. The van der Waals surface area contributed by atoms with Gasteiger partial charge in [-0.3, -0.25) is 9.20 Å². The molecular weight excluding hydrogens is 366 g/mol. The Morgan fingerprint density at radius 1 is 1.14 bits per heavy atom. The average molecular weight is 396 g/mol. The lowest BCUT2D eigenvalue weighted by atomic mass is 10.00. The predicted molar refractivity (Wildman–Crippen MR) is 116 cm³/mol. The van der Waals surface area contributed by atoms with Gasteiger partial charge in [0.25, 0.3) is 5.56 Å². The molecule has 3 aromatic rings. The molecule has 5 heteroatoms. The maximum Gasteiger partial charge on any atom is 0.259 e. The smallest absolute Gasteiger partial charge is 0.259 e. The fourth-order valence-electron chi connectivity index (χ4n) is 4.02. The van der Waals surface area contributed by atoms with Crippen LogP contribution in [-0.4, -0.2) is 9.38 Å². The number of benzene rings is 1. The Labute approximate surface area is 170 Å². The second-order valence-corrected chi connectivity index (χ2v) is 9.39. The van der Waals surface area contributed by atoms with Crippen molar-refractivity contribution in [2.45, 2.75) is 65.5 Å². The predicted octanol–water partition coefficient (Wildman–Crippen LogP) is 4.68. The molecule has 4 nitrogen and oxygen atoms in total. The van der Waals surface area contributed by atoms with Crippen LogP contribution in [0, 0.1) is 5.92 Å². The molecule has 1 aromatic carbocycles. The van der Waals surface area contributed by atoms with Crippen molar-refractivity contribution in [2.75, 3.05) is 0 Å². The number of rotatable bonds is 6. The van der Waals surface area contributed by atoms with E-state index < -0.39 is 0 Å². The highest BCUT2D eigenvalue weighted by Gasteiger charge is 2.18. The van der Waals surface area contributed by atoms with Crippen LogP contribution in [0.3, 0.4) is 0 Å². The lowest BCUT2D eigenvalue weighted by Crippen LogP contribution is -2.22. The molecule has 1 aliphatic rings. The summed E-state index contributed by atoms with van der Waals surface area (Å²) in [5.41, 5.74) is 4.72. The lowest BCUT2D eigenvalue weighted by Gasteiger charge is -2.15. The minimum atomic E-state index is 0.0619. The normalized spacial score (nSPS) is 15.1. The summed E-state index contributed by atoms with van der Waals surface area (Å²) >= 11 is 1.69. The molecule has 0 aliphatic heterocycles. The highest BCUT2D eigenvalue weighted by Crippen LogP contribution is 2.28.